The summed E-state index contributed by atoms with van der Waals surface area (Å²) in [4.78, 5) is 17.0. The van der Waals surface area contributed by atoms with Gasteiger partial charge in [-0.25, -0.2) is 4.98 Å². The van der Waals surface area contributed by atoms with E-state index in [9.17, 15) is 9.90 Å². The lowest BCUT2D eigenvalue weighted by Gasteiger charge is -2.16. The lowest BCUT2D eigenvalue weighted by molar-refractivity contribution is 0.0909. The molecule has 0 amide bonds. The van der Waals surface area contributed by atoms with Gasteiger partial charge in [-0.1, -0.05) is 12.1 Å². The molecule has 6 nitrogen and oxygen atoms in total. The van der Waals surface area contributed by atoms with Crippen molar-refractivity contribution in [2.45, 2.75) is 19.6 Å². The zero-order chi connectivity index (χ0) is 17.8. The number of ether oxygens (including phenoxy) is 1. The Balaban J connectivity index is 1.72. The third-order valence-electron chi connectivity index (χ3n) is 3.87. The molecule has 0 aliphatic rings. The molecule has 6 heteroatoms. The minimum absolute atomic E-state index is 0.0323. The van der Waals surface area contributed by atoms with Crippen LogP contribution in [0.25, 0.3) is 10.9 Å². The number of aliphatic hydroxyl groups excluding tert-OH is 1. The van der Waals surface area contributed by atoms with E-state index in [1.54, 1.807) is 49.4 Å². The molecule has 0 saturated carbocycles. The minimum atomic E-state index is -0.866. The maximum atomic E-state index is 12.6. The Kier molecular flexibility index (Phi) is 4.78. The highest BCUT2D eigenvalue weighted by Crippen LogP contribution is 2.12. The van der Waals surface area contributed by atoms with Crippen LogP contribution in [0, 0.1) is 18.3 Å². The van der Waals surface area contributed by atoms with E-state index in [0.717, 1.165) is 0 Å². The summed E-state index contributed by atoms with van der Waals surface area (Å²) < 4.78 is 6.97. The van der Waals surface area contributed by atoms with Gasteiger partial charge in [-0.15, -0.1) is 0 Å². The Morgan fingerprint density at radius 2 is 1.96 bits per heavy atom. The smallest absolute Gasteiger partial charge is 0.261 e. The number of hydrogen-bond donors (Lipinski definition) is 1. The summed E-state index contributed by atoms with van der Waals surface area (Å²) in [5.74, 6) is 1.10. The molecule has 0 aliphatic heterocycles. The Morgan fingerprint density at radius 3 is 2.68 bits per heavy atom. The number of aryl methyl sites for hydroxylation is 1. The second-order valence-corrected chi connectivity index (χ2v) is 5.69. The topological polar surface area (TPSA) is 88.1 Å². The zero-order valence-electron chi connectivity index (χ0n) is 13.7. The zero-order valence-corrected chi connectivity index (χ0v) is 13.7. The predicted octanol–water partition coefficient (Wildman–Crippen LogP) is 2.02. The minimum Gasteiger partial charge on any atom is -0.491 e. The number of benzene rings is 2. The van der Waals surface area contributed by atoms with Gasteiger partial charge in [0, 0.05) is 0 Å². The Hall–Kier alpha value is -3.17. The number of nitriles is 1. The SMILES string of the molecule is Cc1nc2ccccc2c(=O)n1C[C@@H](O)COc1ccc(C#N)cc1. The van der Waals surface area contributed by atoms with E-state index in [-0.39, 0.29) is 18.7 Å². The summed E-state index contributed by atoms with van der Waals surface area (Å²) in [7, 11) is 0. The standard InChI is InChI=1S/C19H17N3O3/c1-13-21-18-5-3-2-4-17(18)19(24)22(13)11-15(23)12-25-16-8-6-14(10-20)7-9-16/h2-9,15,23H,11-12H2,1H3/t15-/m1/s1. The van der Waals surface area contributed by atoms with Crippen molar-refractivity contribution in [2.75, 3.05) is 6.61 Å². The number of fused-ring (bicyclic) bond motifs is 1. The summed E-state index contributed by atoms with van der Waals surface area (Å²) in [6, 6.07) is 15.8. The van der Waals surface area contributed by atoms with Crippen LogP contribution in [0.1, 0.15) is 11.4 Å². The molecule has 1 N–H and O–H groups in total. The average Bonchev–Trinajstić information content (AvgIpc) is 2.64. The first kappa shape index (κ1) is 16.7. The Labute approximate surface area is 144 Å². The van der Waals surface area contributed by atoms with Gasteiger partial charge in [0.15, 0.2) is 0 Å². The van der Waals surface area contributed by atoms with Crippen LogP contribution < -0.4 is 10.3 Å². The van der Waals surface area contributed by atoms with E-state index < -0.39 is 6.10 Å². The molecule has 1 atom stereocenters. The Morgan fingerprint density at radius 1 is 1.24 bits per heavy atom. The number of para-hydroxylation sites is 1. The van der Waals surface area contributed by atoms with Gasteiger partial charge in [-0.2, -0.15) is 5.26 Å². The van der Waals surface area contributed by atoms with Gasteiger partial charge >= 0.3 is 0 Å². The molecular formula is C19H17N3O3. The molecule has 1 heterocycles. The molecule has 3 rings (SSSR count). The van der Waals surface area contributed by atoms with Gasteiger partial charge in [0.1, 0.15) is 24.3 Å². The van der Waals surface area contributed by atoms with Crippen molar-refractivity contribution in [1.29, 1.82) is 5.26 Å². The molecule has 0 aliphatic carbocycles. The van der Waals surface area contributed by atoms with E-state index in [1.807, 2.05) is 12.1 Å². The molecule has 0 fully saturated rings. The van der Waals surface area contributed by atoms with Crippen LogP contribution in [0.15, 0.2) is 53.3 Å². The first-order valence-corrected chi connectivity index (χ1v) is 7.85. The molecule has 3 aromatic rings. The predicted molar refractivity (Wildman–Crippen MR) is 93.4 cm³/mol. The lowest BCUT2D eigenvalue weighted by atomic mass is 10.2. The molecule has 0 spiro atoms. The largest absolute Gasteiger partial charge is 0.491 e. The first-order chi connectivity index (χ1) is 12.1. The van der Waals surface area contributed by atoms with Gasteiger partial charge in [-0.05, 0) is 43.3 Å². The number of aromatic nitrogens is 2. The fraction of sp³-hybridized carbons (Fsp3) is 0.211. The molecular weight excluding hydrogens is 318 g/mol. The summed E-state index contributed by atoms with van der Waals surface area (Å²) in [6.45, 7) is 1.87. The number of aliphatic hydroxyl groups is 1. The summed E-state index contributed by atoms with van der Waals surface area (Å²) in [5.41, 5.74) is 1.00. The first-order valence-electron chi connectivity index (χ1n) is 7.85. The number of rotatable bonds is 5. The molecule has 0 unspecified atom stereocenters. The van der Waals surface area contributed by atoms with E-state index >= 15 is 0 Å². The van der Waals surface area contributed by atoms with Gasteiger partial charge in [-0.3, -0.25) is 9.36 Å². The van der Waals surface area contributed by atoms with Crippen molar-refractivity contribution in [2.24, 2.45) is 0 Å². The highest BCUT2D eigenvalue weighted by atomic mass is 16.5. The van der Waals surface area contributed by atoms with Crippen LogP contribution in [-0.2, 0) is 6.54 Å². The van der Waals surface area contributed by atoms with Gasteiger partial charge < -0.3 is 9.84 Å². The van der Waals surface area contributed by atoms with Crippen LogP contribution in [0.4, 0.5) is 0 Å². The highest BCUT2D eigenvalue weighted by Gasteiger charge is 2.13. The molecule has 126 valence electrons. The Bertz CT molecular complexity index is 987. The van der Waals surface area contributed by atoms with Crippen molar-refractivity contribution in [3.05, 3.63) is 70.3 Å². The lowest BCUT2D eigenvalue weighted by Crippen LogP contribution is -2.32. The van der Waals surface area contributed by atoms with Crippen molar-refractivity contribution in [1.82, 2.24) is 9.55 Å². The summed E-state index contributed by atoms with van der Waals surface area (Å²) >= 11 is 0. The van der Waals surface area contributed by atoms with E-state index in [0.29, 0.717) is 28.0 Å². The van der Waals surface area contributed by atoms with Crippen LogP contribution in [0.2, 0.25) is 0 Å². The highest BCUT2D eigenvalue weighted by molar-refractivity contribution is 5.77. The molecule has 0 saturated heterocycles. The average molecular weight is 335 g/mol. The normalized spacial score (nSPS) is 11.9. The van der Waals surface area contributed by atoms with E-state index in [2.05, 4.69) is 4.98 Å². The maximum absolute atomic E-state index is 12.6. The van der Waals surface area contributed by atoms with Gasteiger partial charge in [0.2, 0.25) is 0 Å². The number of hydrogen-bond acceptors (Lipinski definition) is 5. The van der Waals surface area contributed by atoms with Crippen LogP contribution in [-0.4, -0.2) is 27.4 Å². The van der Waals surface area contributed by atoms with Crippen molar-refractivity contribution in [3.8, 4) is 11.8 Å². The number of nitrogens with zero attached hydrogens (tertiary/aromatic N) is 3. The van der Waals surface area contributed by atoms with Gasteiger partial charge in [0.05, 0.1) is 29.1 Å². The quantitative estimate of drug-likeness (QED) is 0.770. The third-order valence-corrected chi connectivity index (χ3v) is 3.87. The monoisotopic (exact) mass is 335 g/mol. The molecule has 0 bridgehead atoms. The molecule has 0 radical (unpaired) electrons. The van der Waals surface area contributed by atoms with Crippen molar-refractivity contribution < 1.29 is 9.84 Å². The summed E-state index contributed by atoms with van der Waals surface area (Å²) in [6.07, 6.45) is -0.866. The second-order valence-electron chi connectivity index (χ2n) is 5.69. The maximum Gasteiger partial charge on any atom is 0.261 e. The van der Waals surface area contributed by atoms with Crippen LogP contribution in [0.3, 0.4) is 0 Å². The third kappa shape index (κ3) is 3.67. The van der Waals surface area contributed by atoms with Gasteiger partial charge in [0.25, 0.3) is 5.56 Å². The van der Waals surface area contributed by atoms with Crippen molar-refractivity contribution in [3.63, 3.8) is 0 Å². The van der Waals surface area contributed by atoms with Crippen molar-refractivity contribution >= 4 is 10.9 Å². The fourth-order valence-corrected chi connectivity index (χ4v) is 2.58. The molecule has 25 heavy (non-hydrogen) atoms. The fourth-order valence-electron chi connectivity index (χ4n) is 2.58. The molecule has 2 aromatic carbocycles. The van der Waals surface area contributed by atoms with Crippen LogP contribution in [0.5, 0.6) is 5.75 Å². The van der Waals surface area contributed by atoms with E-state index in [4.69, 9.17) is 10.00 Å². The van der Waals surface area contributed by atoms with Crippen LogP contribution >= 0.6 is 0 Å². The summed E-state index contributed by atoms with van der Waals surface area (Å²) in [5, 5.41) is 19.5. The molecule has 1 aromatic heterocycles. The van der Waals surface area contributed by atoms with E-state index in [1.165, 1.54) is 4.57 Å². The second kappa shape index (κ2) is 7.16.